The summed E-state index contributed by atoms with van der Waals surface area (Å²) in [5.74, 6) is 2.11. The van der Waals surface area contributed by atoms with Crippen LogP contribution in [-0.2, 0) is 6.54 Å². The Morgan fingerprint density at radius 3 is 2.68 bits per heavy atom. The van der Waals surface area contributed by atoms with Crippen molar-refractivity contribution in [3.63, 3.8) is 0 Å². The summed E-state index contributed by atoms with van der Waals surface area (Å²) >= 11 is 1.93. The molecule has 7 heteroatoms. The van der Waals surface area contributed by atoms with Gasteiger partial charge < -0.3 is 5.11 Å². The number of aliphatic hydroxyl groups excluding tert-OH is 1. The van der Waals surface area contributed by atoms with Gasteiger partial charge in [0, 0.05) is 36.7 Å². The summed E-state index contributed by atoms with van der Waals surface area (Å²) in [5, 5.41) is 14.1. The van der Waals surface area contributed by atoms with Gasteiger partial charge in [-0.1, -0.05) is 35.5 Å². The van der Waals surface area contributed by atoms with Crippen LogP contribution in [0.5, 0.6) is 0 Å². The quantitative estimate of drug-likeness (QED) is 0.883. The van der Waals surface area contributed by atoms with Crippen LogP contribution in [-0.4, -0.2) is 57.0 Å². The van der Waals surface area contributed by atoms with Gasteiger partial charge in [-0.15, -0.1) is 0 Å². The zero-order chi connectivity index (χ0) is 15.4. The van der Waals surface area contributed by atoms with Crippen molar-refractivity contribution in [3.05, 3.63) is 40.9 Å². The number of aromatic nitrogens is 2. The van der Waals surface area contributed by atoms with Crippen LogP contribution < -0.4 is 5.76 Å². The smallest absolute Gasteiger partial charge is 0.390 e. The number of aliphatic hydroxyl groups is 1. The lowest BCUT2D eigenvalue weighted by Gasteiger charge is -2.28. The van der Waals surface area contributed by atoms with Crippen molar-refractivity contribution in [2.45, 2.75) is 12.6 Å². The van der Waals surface area contributed by atoms with E-state index in [9.17, 15) is 9.90 Å². The highest BCUT2D eigenvalue weighted by Gasteiger charge is 2.19. The Hall–Kier alpha value is -1.57. The number of hydrogen-bond acceptors (Lipinski definition) is 6. The van der Waals surface area contributed by atoms with E-state index in [1.54, 1.807) is 0 Å². The Bertz CT molecular complexity index is 650. The van der Waals surface area contributed by atoms with E-state index in [0.717, 1.165) is 30.2 Å². The van der Waals surface area contributed by atoms with E-state index in [1.807, 2.05) is 42.1 Å². The fraction of sp³-hybridized carbons (Fsp3) is 0.467. The molecule has 0 bridgehead atoms. The van der Waals surface area contributed by atoms with Crippen molar-refractivity contribution < 1.29 is 9.63 Å². The van der Waals surface area contributed by atoms with Crippen LogP contribution in [0.2, 0.25) is 0 Å². The molecule has 0 saturated carbocycles. The molecule has 0 aliphatic carbocycles. The first-order chi connectivity index (χ1) is 10.7. The molecule has 6 nitrogen and oxygen atoms in total. The average molecular weight is 321 g/mol. The zero-order valence-corrected chi connectivity index (χ0v) is 13.0. The van der Waals surface area contributed by atoms with E-state index >= 15 is 0 Å². The molecule has 0 amide bonds. The number of benzene rings is 1. The standard InChI is InChI=1S/C15H19N3O3S/c19-13(10-17-6-8-22-9-7-17)11-18-14(16-21-15(18)20)12-4-2-1-3-5-12/h1-5,13,19H,6-11H2. The third-order valence-electron chi connectivity index (χ3n) is 3.68. The Labute approximate surface area is 132 Å². The highest BCUT2D eigenvalue weighted by atomic mass is 32.2. The van der Waals surface area contributed by atoms with Gasteiger partial charge in [-0.05, 0) is 0 Å². The highest BCUT2D eigenvalue weighted by Crippen LogP contribution is 2.16. The average Bonchev–Trinajstić information content (AvgIpc) is 2.90. The maximum atomic E-state index is 11.8. The molecule has 22 heavy (non-hydrogen) atoms. The van der Waals surface area contributed by atoms with E-state index < -0.39 is 11.9 Å². The number of thioether (sulfide) groups is 1. The topological polar surface area (TPSA) is 71.5 Å². The van der Waals surface area contributed by atoms with E-state index in [1.165, 1.54) is 4.57 Å². The lowest BCUT2D eigenvalue weighted by Crippen LogP contribution is -2.40. The fourth-order valence-corrected chi connectivity index (χ4v) is 3.55. The van der Waals surface area contributed by atoms with Crippen LogP contribution in [0.1, 0.15) is 0 Å². The van der Waals surface area contributed by atoms with Gasteiger partial charge in [0.15, 0.2) is 5.82 Å². The van der Waals surface area contributed by atoms with E-state index in [-0.39, 0.29) is 6.54 Å². The normalized spacial score (nSPS) is 17.5. The maximum Gasteiger partial charge on any atom is 0.441 e. The molecular formula is C15H19N3O3S. The summed E-state index contributed by atoms with van der Waals surface area (Å²) in [6.07, 6.45) is -0.623. The largest absolute Gasteiger partial charge is 0.441 e. The first-order valence-electron chi connectivity index (χ1n) is 7.34. The summed E-state index contributed by atoms with van der Waals surface area (Å²) < 4.78 is 6.17. The molecule has 1 saturated heterocycles. The lowest BCUT2D eigenvalue weighted by molar-refractivity contribution is 0.101. The molecule has 1 atom stereocenters. The minimum atomic E-state index is -0.623. The van der Waals surface area contributed by atoms with E-state index in [4.69, 9.17) is 4.52 Å². The second kappa shape index (κ2) is 7.13. The molecule has 3 rings (SSSR count). The number of β-amino-alcohol motifs (C(OH)–C–C–N with tert-alkyl or cyclic N) is 1. The monoisotopic (exact) mass is 321 g/mol. The predicted molar refractivity (Wildman–Crippen MR) is 86.0 cm³/mol. The van der Waals surface area contributed by atoms with Crippen LogP contribution in [0.15, 0.2) is 39.6 Å². The van der Waals surface area contributed by atoms with Crippen molar-refractivity contribution in [3.8, 4) is 11.4 Å². The maximum absolute atomic E-state index is 11.8. The summed E-state index contributed by atoms with van der Waals surface area (Å²) in [6.45, 7) is 2.71. The molecule has 1 aromatic heterocycles. The van der Waals surface area contributed by atoms with Gasteiger partial charge in [0.2, 0.25) is 0 Å². The molecule has 118 valence electrons. The summed E-state index contributed by atoms with van der Waals surface area (Å²) in [4.78, 5) is 14.1. The molecule has 2 aromatic rings. The summed E-state index contributed by atoms with van der Waals surface area (Å²) in [5.41, 5.74) is 0.801. The molecule has 0 spiro atoms. The van der Waals surface area contributed by atoms with Crippen molar-refractivity contribution in [1.29, 1.82) is 0 Å². The molecular weight excluding hydrogens is 302 g/mol. The Morgan fingerprint density at radius 2 is 1.95 bits per heavy atom. The van der Waals surface area contributed by atoms with Crippen molar-refractivity contribution in [2.24, 2.45) is 0 Å². The molecule has 0 radical (unpaired) electrons. The van der Waals surface area contributed by atoms with Crippen LogP contribution >= 0.6 is 11.8 Å². The zero-order valence-electron chi connectivity index (χ0n) is 12.2. The third kappa shape index (κ3) is 3.60. The van der Waals surface area contributed by atoms with Crippen molar-refractivity contribution in [1.82, 2.24) is 14.6 Å². The highest BCUT2D eigenvalue weighted by molar-refractivity contribution is 7.99. The van der Waals surface area contributed by atoms with Gasteiger partial charge in [-0.25, -0.2) is 4.79 Å². The van der Waals surface area contributed by atoms with Crippen LogP contribution in [0.25, 0.3) is 11.4 Å². The van der Waals surface area contributed by atoms with Gasteiger partial charge in [0.05, 0.1) is 12.6 Å². The lowest BCUT2D eigenvalue weighted by atomic mass is 10.2. The SMILES string of the molecule is O=c1onc(-c2ccccc2)n1CC(O)CN1CCSCC1. The minimum Gasteiger partial charge on any atom is -0.390 e. The summed E-state index contributed by atoms with van der Waals surface area (Å²) in [7, 11) is 0. The number of hydrogen-bond donors (Lipinski definition) is 1. The molecule has 1 aromatic carbocycles. The molecule has 1 unspecified atom stereocenters. The third-order valence-corrected chi connectivity index (χ3v) is 4.63. The van der Waals surface area contributed by atoms with E-state index in [0.29, 0.717) is 12.4 Å². The molecule has 2 heterocycles. The van der Waals surface area contributed by atoms with Gasteiger partial charge in [-0.2, -0.15) is 11.8 Å². The molecule has 1 N–H and O–H groups in total. The first kappa shape index (κ1) is 15.3. The fourth-order valence-electron chi connectivity index (χ4n) is 2.57. The predicted octanol–water partition coefficient (Wildman–Crippen LogP) is 0.913. The molecule has 1 aliphatic rings. The minimum absolute atomic E-state index is 0.191. The van der Waals surface area contributed by atoms with Crippen LogP contribution in [0.4, 0.5) is 0 Å². The van der Waals surface area contributed by atoms with Gasteiger partial charge in [0.1, 0.15) is 0 Å². The first-order valence-corrected chi connectivity index (χ1v) is 8.49. The van der Waals surface area contributed by atoms with Gasteiger partial charge >= 0.3 is 5.76 Å². The Morgan fingerprint density at radius 1 is 1.23 bits per heavy atom. The second-order valence-corrected chi connectivity index (χ2v) is 6.54. The van der Waals surface area contributed by atoms with Crippen LogP contribution in [0, 0.1) is 0 Å². The number of rotatable bonds is 5. The second-order valence-electron chi connectivity index (χ2n) is 5.32. The Kier molecular flexibility index (Phi) is 4.97. The molecule has 1 fully saturated rings. The van der Waals surface area contributed by atoms with Crippen molar-refractivity contribution >= 4 is 11.8 Å². The summed E-state index contributed by atoms with van der Waals surface area (Å²) in [6, 6.07) is 9.38. The molecule has 1 aliphatic heterocycles. The van der Waals surface area contributed by atoms with Gasteiger partial charge in [-0.3, -0.25) is 14.0 Å². The van der Waals surface area contributed by atoms with E-state index in [2.05, 4.69) is 10.1 Å². The Balaban J connectivity index is 1.72. The van der Waals surface area contributed by atoms with Crippen molar-refractivity contribution in [2.75, 3.05) is 31.1 Å². The van der Waals surface area contributed by atoms with Gasteiger partial charge in [0.25, 0.3) is 0 Å². The number of nitrogens with zero attached hydrogens (tertiary/aromatic N) is 3. The van der Waals surface area contributed by atoms with Crippen LogP contribution in [0.3, 0.4) is 0 Å².